The average molecular weight is 833 g/mol. The molecule has 3 fully saturated rings. The Kier molecular flexibility index (Phi) is 19.1. The smallest absolute Gasteiger partial charge is 0.187 e. The molecule has 15 unspecified atom stereocenters. The molecule has 2 heterocycles. The van der Waals surface area contributed by atoms with Gasteiger partial charge in [0.2, 0.25) is 0 Å². The van der Waals surface area contributed by atoms with Crippen molar-refractivity contribution in [2.75, 3.05) is 19.8 Å². The fourth-order valence-electron chi connectivity index (χ4n) is 8.32. The molecule has 16 nitrogen and oxygen atoms in total. The molecule has 336 valence electrons. The molecule has 3 rings (SSSR count). The lowest BCUT2D eigenvalue weighted by Gasteiger charge is -2.53. The van der Waals surface area contributed by atoms with Crippen molar-refractivity contribution in [2.45, 2.75) is 191 Å². The number of carbonyl (C=O) groups excluding carboxylic acids is 1. The highest BCUT2D eigenvalue weighted by Gasteiger charge is 2.52. The van der Waals surface area contributed by atoms with Crippen LogP contribution in [0.2, 0.25) is 0 Å². The van der Waals surface area contributed by atoms with Crippen molar-refractivity contribution >= 4 is 6.29 Å². The first-order chi connectivity index (χ1) is 27.0. The van der Waals surface area contributed by atoms with Crippen LogP contribution in [-0.2, 0) is 23.7 Å². The van der Waals surface area contributed by atoms with Crippen molar-refractivity contribution in [1.29, 1.82) is 0 Å². The molecule has 16 heteroatoms. The third-order valence-electron chi connectivity index (χ3n) is 12.8. The van der Waals surface area contributed by atoms with Crippen molar-refractivity contribution in [3.05, 3.63) is 34.4 Å². The molecule has 3 aliphatic rings. The number of carbonyl (C=O) groups is 1. The van der Waals surface area contributed by atoms with Gasteiger partial charge in [-0.3, -0.25) is 4.79 Å². The summed E-state index contributed by atoms with van der Waals surface area (Å²) in [7, 11) is 0. The summed E-state index contributed by atoms with van der Waals surface area (Å²) in [6.07, 6.45) is -7.49. The van der Waals surface area contributed by atoms with Crippen LogP contribution in [0.4, 0.5) is 0 Å². The van der Waals surface area contributed by atoms with Crippen molar-refractivity contribution in [1.82, 2.24) is 0 Å². The van der Waals surface area contributed by atoms with E-state index in [2.05, 4.69) is 0 Å². The predicted molar refractivity (Wildman–Crippen MR) is 211 cm³/mol. The number of hydrogen-bond donors (Lipinski definition) is 11. The summed E-state index contributed by atoms with van der Waals surface area (Å²) in [5.41, 5.74) is -0.0130. The molecule has 0 spiro atoms. The van der Waals surface area contributed by atoms with Crippen LogP contribution in [0.25, 0.3) is 0 Å². The first-order valence-corrected chi connectivity index (χ1v) is 20.5. The van der Waals surface area contributed by atoms with Gasteiger partial charge in [-0.25, -0.2) is 0 Å². The molecule has 11 N–H and O–H groups in total. The number of aldehydes is 1. The Morgan fingerprint density at radius 2 is 1.47 bits per heavy atom. The van der Waals surface area contributed by atoms with Gasteiger partial charge >= 0.3 is 0 Å². The van der Waals surface area contributed by atoms with Crippen molar-refractivity contribution in [3.63, 3.8) is 0 Å². The summed E-state index contributed by atoms with van der Waals surface area (Å²) in [5.74, 6) is -0.264. The maximum atomic E-state index is 12.1. The molecule has 2 saturated heterocycles. The molecule has 1 saturated carbocycles. The van der Waals surface area contributed by atoms with Crippen LogP contribution >= 0.6 is 0 Å². The van der Waals surface area contributed by atoms with E-state index in [4.69, 9.17) is 18.9 Å². The van der Waals surface area contributed by atoms with E-state index in [0.717, 1.165) is 23.0 Å². The molecule has 1 aliphatic carbocycles. The van der Waals surface area contributed by atoms with Gasteiger partial charge < -0.3 is 75.1 Å². The van der Waals surface area contributed by atoms with Gasteiger partial charge in [-0.15, -0.1) is 0 Å². The van der Waals surface area contributed by atoms with Gasteiger partial charge in [0, 0.05) is 12.0 Å². The van der Waals surface area contributed by atoms with E-state index in [0.29, 0.717) is 63.4 Å². The first-order valence-electron chi connectivity index (χ1n) is 20.5. The fraction of sp³-hybridized carbons (Fsp3) is 0.833. The predicted octanol–water partition coefficient (Wildman–Crippen LogP) is 0.426. The summed E-state index contributed by atoms with van der Waals surface area (Å²) < 4.78 is 23.2. The Morgan fingerprint density at radius 1 is 0.897 bits per heavy atom. The van der Waals surface area contributed by atoms with Crippen LogP contribution in [-0.4, -0.2) is 167 Å². The molecule has 2 aliphatic heterocycles. The van der Waals surface area contributed by atoms with Crippen molar-refractivity contribution in [3.8, 4) is 0 Å². The highest BCUT2D eigenvalue weighted by atomic mass is 16.7. The van der Waals surface area contributed by atoms with E-state index in [1.807, 2.05) is 32.9 Å². The van der Waals surface area contributed by atoms with Crippen LogP contribution < -0.4 is 0 Å². The lowest BCUT2D eigenvalue weighted by molar-refractivity contribution is -0.308. The lowest BCUT2D eigenvalue weighted by atomic mass is 9.54. The Balaban J connectivity index is 1.84. The Bertz CT molecular complexity index is 1390. The van der Waals surface area contributed by atoms with Crippen LogP contribution in [0.15, 0.2) is 34.4 Å². The van der Waals surface area contributed by atoms with E-state index in [1.54, 1.807) is 13.8 Å². The molecule has 15 atom stereocenters. The minimum atomic E-state index is -1.63. The first kappa shape index (κ1) is 50.6. The third kappa shape index (κ3) is 12.4. The summed E-state index contributed by atoms with van der Waals surface area (Å²) in [5, 5.41) is 114. The van der Waals surface area contributed by atoms with Gasteiger partial charge in [-0.1, -0.05) is 30.2 Å². The highest BCUT2D eigenvalue weighted by Crippen LogP contribution is 2.55. The molecule has 0 amide bonds. The quantitative estimate of drug-likeness (QED) is 0.0344. The second-order valence-electron chi connectivity index (χ2n) is 17.6. The van der Waals surface area contributed by atoms with E-state index in [9.17, 15) is 61.0 Å². The number of aliphatic hydroxyl groups is 11. The van der Waals surface area contributed by atoms with Crippen LogP contribution in [0, 0.1) is 11.3 Å². The summed E-state index contributed by atoms with van der Waals surface area (Å²) in [4.78, 5) is 12.1. The Hall–Kier alpha value is -1.71. The van der Waals surface area contributed by atoms with Gasteiger partial charge in [0.25, 0.3) is 0 Å². The number of rotatable bonds is 20. The standard InChI is InChI=1S/C42H72O16/c1-23(13-15-31(46)40(4,5)53)12-14-28(56-39-37(52)35(50)33(48)30(22-45)58-39)24(2)10-8-17-41(6)27(26(25(3)20-43)16-18-42(41,7)54)11-9-19-55-38-36(51)34(49)32(47)29(21-44)57-38/h10,12,20,27-39,44-54H,8-9,11,13-19,21-22H2,1-7H3. The topological polar surface area (TPSA) is 277 Å². The van der Waals surface area contributed by atoms with E-state index in [1.165, 1.54) is 13.8 Å². The zero-order valence-electron chi connectivity index (χ0n) is 35.2. The second kappa shape index (κ2) is 21.9. The van der Waals surface area contributed by atoms with Gasteiger partial charge in [-0.05, 0) is 116 Å². The molecular weight excluding hydrogens is 760 g/mol. The maximum Gasteiger partial charge on any atom is 0.187 e. The summed E-state index contributed by atoms with van der Waals surface area (Å²) >= 11 is 0. The number of allylic oxidation sites excluding steroid dienone is 4. The average Bonchev–Trinajstić information content (AvgIpc) is 3.17. The van der Waals surface area contributed by atoms with Gasteiger partial charge in [0.05, 0.1) is 36.6 Å². The number of ether oxygens (including phenoxy) is 4. The molecule has 0 bridgehead atoms. The SMILES string of the molecule is CC(=CCC(OC1OC(CO)C(O)C(O)C1O)C(C)=CCCC1(C)C(CCCOC2OC(CO)C(O)C(O)C2O)C(=C(C)C=O)CCC1(C)O)CCC(O)C(C)(C)O. The normalized spacial score (nSPS) is 38.7. The summed E-state index contributed by atoms with van der Waals surface area (Å²) in [6.45, 7) is 11.2. The van der Waals surface area contributed by atoms with Crippen molar-refractivity contribution < 1.29 is 79.9 Å². The van der Waals surface area contributed by atoms with Gasteiger partial charge in [0.15, 0.2) is 12.6 Å². The van der Waals surface area contributed by atoms with E-state index < -0.39 is 103 Å². The minimum Gasteiger partial charge on any atom is -0.394 e. The van der Waals surface area contributed by atoms with Crippen molar-refractivity contribution in [2.24, 2.45) is 11.3 Å². The zero-order chi connectivity index (χ0) is 43.7. The molecule has 0 radical (unpaired) electrons. The van der Waals surface area contributed by atoms with E-state index >= 15 is 0 Å². The fourth-order valence-corrected chi connectivity index (χ4v) is 8.32. The molecule has 0 aromatic carbocycles. The Labute approximate surface area is 342 Å². The Morgan fingerprint density at radius 3 is 2.02 bits per heavy atom. The lowest BCUT2D eigenvalue weighted by Crippen LogP contribution is -2.59. The second-order valence-corrected chi connectivity index (χ2v) is 17.6. The largest absolute Gasteiger partial charge is 0.394 e. The summed E-state index contributed by atoms with van der Waals surface area (Å²) in [6, 6.07) is 0. The van der Waals surface area contributed by atoms with Crippen LogP contribution in [0.3, 0.4) is 0 Å². The van der Waals surface area contributed by atoms with E-state index in [-0.39, 0.29) is 12.5 Å². The zero-order valence-corrected chi connectivity index (χ0v) is 35.2. The number of aliphatic hydroxyl groups excluding tert-OH is 9. The van der Waals surface area contributed by atoms with Gasteiger partial charge in [-0.2, -0.15) is 0 Å². The highest BCUT2D eigenvalue weighted by molar-refractivity contribution is 5.74. The third-order valence-corrected chi connectivity index (χ3v) is 12.8. The maximum absolute atomic E-state index is 12.1. The van der Waals surface area contributed by atoms with Gasteiger partial charge in [0.1, 0.15) is 55.1 Å². The molecule has 58 heavy (non-hydrogen) atoms. The van der Waals surface area contributed by atoms with Crippen LogP contribution in [0.1, 0.15) is 106 Å². The molecule has 0 aromatic heterocycles. The minimum absolute atomic E-state index is 0.0739. The number of hydrogen-bond acceptors (Lipinski definition) is 16. The molecular formula is C42H72O16. The molecule has 0 aromatic rings. The van der Waals surface area contributed by atoms with Crippen LogP contribution in [0.5, 0.6) is 0 Å². The monoisotopic (exact) mass is 832 g/mol.